The van der Waals surface area contributed by atoms with Crippen LogP contribution >= 0.6 is 0 Å². The quantitative estimate of drug-likeness (QED) is 0.593. The third-order valence-corrected chi connectivity index (χ3v) is 9.05. The topological polar surface area (TPSA) is 98.7 Å². The fourth-order valence-electron chi connectivity index (χ4n) is 5.08. The maximum absolute atomic E-state index is 13.1. The summed E-state index contributed by atoms with van der Waals surface area (Å²) >= 11 is 0. The van der Waals surface area contributed by atoms with E-state index in [2.05, 4.69) is 16.7 Å². The maximum atomic E-state index is 13.1. The number of rotatable bonds is 7. The van der Waals surface area contributed by atoms with Gasteiger partial charge in [0.1, 0.15) is 0 Å². The van der Waals surface area contributed by atoms with Gasteiger partial charge in [-0.05, 0) is 68.1 Å². The SMILES string of the molecule is O=C(O)C1(CNC2CC2c2ccc3c(c2)CCN3S(=O)(=O)c2ccccc2)CCNCC1. The van der Waals surface area contributed by atoms with E-state index in [0.717, 1.165) is 30.8 Å². The predicted molar refractivity (Wildman–Crippen MR) is 122 cm³/mol. The Morgan fingerprint density at radius 2 is 1.91 bits per heavy atom. The zero-order valence-corrected chi connectivity index (χ0v) is 18.8. The number of aliphatic carboxylic acids is 1. The molecule has 3 N–H and O–H groups in total. The summed E-state index contributed by atoms with van der Waals surface area (Å²) in [5.74, 6) is -0.353. The highest BCUT2D eigenvalue weighted by Crippen LogP contribution is 2.44. The van der Waals surface area contributed by atoms with Crippen molar-refractivity contribution in [2.45, 2.75) is 42.5 Å². The predicted octanol–water partition coefficient (Wildman–Crippen LogP) is 2.34. The molecule has 2 atom stereocenters. The number of fused-ring (bicyclic) bond motifs is 1. The van der Waals surface area contributed by atoms with Crippen molar-refractivity contribution in [3.05, 3.63) is 59.7 Å². The van der Waals surface area contributed by atoms with Crippen molar-refractivity contribution in [3.8, 4) is 0 Å². The van der Waals surface area contributed by atoms with Crippen LogP contribution in [0.2, 0.25) is 0 Å². The number of hydrogen-bond acceptors (Lipinski definition) is 5. The largest absolute Gasteiger partial charge is 0.481 e. The second kappa shape index (κ2) is 8.17. The van der Waals surface area contributed by atoms with Crippen LogP contribution < -0.4 is 14.9 Å². The van der Waals surface area contributed by atoms with Gasteiger partial charge in [-0.25, -0.2) is 8.42 Å². The third-order valence-electron chi connectivity index (χ3n) is 7.22. The number of nitrogens with one attached hydrogen (secondary N) is 2. The second-order valence-electron chi connectivity index (χ2n) is 9.19. The lowest BCUT2D eigenvalue weighted by molar-refractivity contribution is -0.150. The van der Waals surface area contributed by atoms with E-state index in [4.69, 9.17) is 0 Å². The molecule has 0 spiro atoms. The molecular formula is C24H29N3O4S. The lowest BCUT2D eigenvalue weighted by atomic mass is 9.79. The number of carboxylic acid groups (broad SMARTS) is 1. The molecule has 2 aliphatic heterocycles. The minimum atomic E-state index is -3.56. The Bertz CT molecular complexity index is 1110. The first-order valence-electron chi connectivity index (χ1n) is 11.3. The van der Waals surface area contributed by atoms with Gasteiger partial charge in [-0.3, -0.25) is 9.10 Å². The number of carbonyl (C=O) groups is 1. The van der Waals surface area contributed by atoms with Crippen molar-refractivity contribution in [2.75, 3.05) is 30.5 Å². The molecule has 0 amide bonds. The number of nitrogens with zero attached hydrogens (tertiary/aromatic N) is 1. The summed E-state index contributed by atoms with van der Waals surface area (Å²) in [6.45, 7) is 2.45. The van der Waals surface area contributed by atoms with Gasteiger partial charge in [0.15, 0.2) is 0 Å². The van der Waals surface area contributed by atoms with Crippen molar-refractivity contribution in [2.24, 2.45) is 5.41 Å². The Kier molecular flexibility index (Phi) is 5.47. The molecule has 2 aromatic carbocycles. The summed E-state index contributed by atoms with van der Waals surface area (Å²) < 4.78 is 27.6. The van der Waals surface area contributed by atoms with E-state index in [1.165, 1.54) is 9.87 Å². The van der Waals surface area contributed by atoms with Gasteiger partial charge in [-0.1, -0.05) is 30.3 Å². The average Bonchev–Trinajstić information content (AvgIpc) is 3.47. The van der Waals surface area contributed by atoms with E-state index in [0.29, 0.717) is 43.2 Å². The van der Waals surface area contributed by atoms with E-state index < -0.39 is 21.4 Å². The van der Waals surface area contributed by atoms with Crippen LogP contribution in [0.25, 0.3) is 0 Å². The van der Waals surface area contributed by atoms with Gasteiger partial charge in [-0.15, -0.1) is 0 Å². The van der Waals surface area contributed by atoms with E-state index in [-0.39, 0.29) is 6.04 Å². The smallest absolute Gasteiger partial charge is 0.311 e. The maximum Gasteiger partial charge on any atom is 0.311 e. The van der Waals surface area contributed by atoms with Gasteiger partial charge in [0, 0.05) is 25.0 Å². The first-order chi connectivity index (χ1) is 15.4. The molecule has 0 bridgehead atoms. The summed E-state index contributed by atoms with van der Waals surface area (Å²) in [5.41, 5.74) is 2.35. The van der Waals surface area contributed by atoms with Gasteiger partial charge in [0.2, 0.25) is 0 Å². The van der Waals surface area contributed by atoms with Crippen LogP contribution in [0.15, 0.2) is 53.4 Å². The second-order valence-corrected chi connectivity index (χ2v) is 11.1. The van der Waals surface area contributed by atoms with Crippen molar-refractivity contribution < 1.29 is 18.3 Å². The minimum Gasteiger partial charge on any atom is -0.481 e. The molecule has 1 saturated heterocycles. The van der Waals surface area contributed by atoms with Crippen molar-refractivity contribution in [1.82, 2.24) is 10.6 Å². The first kappa shape index (κ1) is 21.4. The molecular weight excluding hydrogens is 426 g/mol. The third kappa shape index (κ3) is 3.80. The van der Waals surface area contributed by atoms with Crippen LogP contribution in [-0.2, 0) is 21.2 Å². The van der Waals surface area contributed by atoms with E-state index in [1.807, 2.05) is 18.2 Å². The Morgan fingerprint density at radius 3 is 2.62 bits per heavy atom. The summed E-state index contributed by atoms with van der Waals surface area (Å²) in [4.78, 5) is 12.2. The average molecular weight is 456 g/mol. The molecule has 2 heterocycles. The van der Waals surface area contributed by atoms with Crippen LogP contribution in [0.4, 0.5) is 5.69 Å². The molecule has 7 nitrogen and oxygen atoms in total. The Labute approximate surface area is 188 Å². The molecule has 5 rings (SSSR count). The molecule has 1 saturated carbocycles. The number of hydrogen-bond donors (Lipinski definition) is 3. The standard InChI is InChI=1S/C24H29N3O4S/c28-23(29)24(9-11-25-12-10-24)16-26-21-15-20(21)17-6-7-22-18(14-17)8-13-27(22)32(30,31)19-4-2-1-3-5-19/h1-7,14,20-21,25-26H,8-13,15-16H2,(H,28,29). The van der Waals surface area contributed by atoms with Crippen LogP contribution in [0.3, 0.4) is 0 Å². The Balaban J connectivity index is 1.27. The zero-order valence-electron chi connectivity index (χ0n) is 18.0. The molecule has 0 aromatic heterocycles. The minimum absolute atomic E-state index is 0.282. The number of sulfonamides is 1. The molecule has 0 radical (unpaired) electrons. The number of benzene rings is 2. The summed E-state index contributed by atoms with van der Waals surface area (Å²) in [6.07, 6.45) is 2.99. The lowest BCUT2D eigenvalue weighted by Crippen LogP contribution is -2.48. The highest BCUT2D eigenvalue weighted by atomic mass is 32.2. The van der Waals surface area contributed by atoms with Gasteiger partial charge in [0.25, 0.3) is 10.0 Å². The lowest BCUT2D eigenvalue weighted by Gasteiger charge is -2.33. The summed E-state index contributed by atoms with van der Waals surface area (Å²) in [5, 5.41) is 16.5. The molecule has 170 valence electrons. The van der Waals surface area contributed by atoms with Crippen LogP contribution in [-0.4, -0.2) is 51.7 Å². The van der Waals surface area contributed by atoms with Crippen LogP contribution in [0.5, 0.6) is 0 Å². The van der Waals surface area contributed by atoms with Crippen molar-refractivity contribution in [1.29, 1.82) is 0 Å². The zero-order chi connectivity index (χ0) is 22.3. The molecule has 2 fully saturated rings. The van der Waals surface area contributed by atoms with Gasteiger partial charge >= 0.3 is 5.97 Å². The number of anilines is 1. The van der Waals surface area contributed by atoms with E-state index in [9.17, 15) is 18.3 Å². The van der Waals surface area contributed by atoms with Gasteiger partial charge in [-0.2, -0.15) is 0 Å². The van der Waals surface area contributed by atoms with E-state index >= 15 is 0 Å². The Hall–Kier alpha value is -2.42. The normalized spacial score (nSPS) is 24.2. The van der Waals surface area contributed by atoms with Crippen molar-refractivity contribution in [3.63, 3.8) is 0 Å². The van der Waals surface area contributed by atoms with Crippen LogP contribution in [0, 0.1) is 5.41 Å². The number of carboxylic acids is 1. The molecule has 2 unspecified atom stereocenters. The summed E-state index contributed by atoms with van der Waals surface area (Å²) in [6, 6.07) is 14.9. The molecule has 32 heavy (non-hydrogen) atoms. The monoisotopic (exact) mass is 455 g/mol. The molecule has 3 aliphatic rings. The number of piperidine rings is 1. The van der Waals surface area contributed by atoms with Crippen LogP contribution in [0.1, 0.15) is 36.3 Å². The summed E-state index contributed by atoms with van der Waals surface area (Å²) in [7, 11) is -3.56. The fourth-order valence-corrected chi connectivity index (χ4v) is 6.60. The Morgan fingerprint density at radius 1 is 1.16 bits per heavy atom. The van der Waals surface area contributed by atoms with Gasteiger partial charge in [0.05, 0.1) is 16.0 Å². The molecule has 2 aromatic rings. The molecule has 1 aliphatic carbocycles. The highest BCUT2D eigenvalue weighted by molar-refractivity contribution is 7.92. The van der Waals surface area contributed by atoms with Crippen molar-refractivity contribution >= 4 is 21.7 Å². The molecule has 8 heteroatoms. The first-order valence-corrected chi connectivity index (χ1v) is 12.7. The fraction of sp³-hybridized carbons (Fsp3) is 0.458. The van der Waals surface area contributed by atoms with E-state index in [1.54, 1.807) is 24.3 Å². The highest BCUT2D eigenvalue weighted by Gasteiger charge is 2.44. The van der Waals surface area contributed by atoms with Gasteiger partial charge < -0.3 is 15.7 Å².